The maximum atomic E-state index is 12.0. The van der Waals surface area contributed by atoms with Gasteiger partial charge in [0.25, 0.3) is 0 Å². The molecule has 7 aromatic rings. The molecule has 0 aliphatic carbocycles. The molecule has 0 amide bonds. The topological polar surface area (TPSA) is 238 Å². The van der Waals surface area contributed by atoms with Gasteiger partial charge >= 0.3 is 12.4 Å². The normalized spacial score (nSPS) is 9.23. The molecule has 0 saturated carbocycles. The fourth-order valence-electron chi connectivity index (χ4n) is 5.88. The lowest BCUT2D eigenvalue weighted by molar-refractivity contribution is -0.138. The lowest BCUT2D eigenvalue weighted by Gasteiger charge is -2.05. The monoisotopic (exact) mass is 1030 g/mol. The molecule has 0 N–H and O–H groups in total. The van der Waals surface area contributed by atoms with E-state index in [-0.39, 0.29) is 0 Å². The maximum absolute atomic E-state index is 12.0. The summed E-state index contributed by atoms with van der Waals surface area (Å²) in [4.78, 5) is 0. The summed E-state index contributed by atoms with van der Waals surface area (Å²) in [6.07, 6.45) is -8.43. The summed E-state index contributed by atoms with van der Waals surface area (Å²) >= 11 is 0. The average molecular weight is 1030 g/mol. The van der Waals surface area contributed by atoms with E-state index in [1.807, 2.05) is 99.7 Å². The quantitative estimate of drug-likeness (QED) is 0.130. The molecule has 0 radical (unpaired) electrons. The summed E-state index contributed by atoms with van der Waals surface area (Å²) in [6, 6.07) is 55.9. The zero-order valence-corrected chi connectivity index (χ0v) is 42.5. The molecule has 7 aromatic carbocycles. The second-order valence-corrected chi connectivity index (χ2v) is 16.0. The third-order valence-corrected chi connectivity index (χ3v) is 10.2. The first-order chi connectivity index (χ1) is 36.4. The number of nitrogens with zero attached hydrogens (tertiary/aromatic N) is 10. The number of nitriles is 10. The van der Waals surface area contributed by atoms with Crippen molar-refractivity contribution in [2.24, 2.45) is 0 Å². The van der Waals surface area contributed by atoms with Crippen LogP contribution < -0.4 is 0 Å². The number of hydrogen-bond acceptors (Lipinski definition) is 10. The second-order valence-electron chi connectivity index (χ2n) is 16.0. The van der Waals surface area contributed by atoms with Crippen molar-refractivity contribution in [2.75, 3.05) is 0 Å². The highest BCUT2D eigenvalue weighted by Gasteiger charge is 2.30. The summed E-state index contributed by atoms with van der Waals surface area (Å²) < 4.78 is 71.7. The van der Waals surface area contributed by atoms with Crippen molar-refractivity contribution in [1.29, 1.82) is 52.6 Å². The Morgan fingerprint density at radius 3 is 1.05 bits per heavy atom. The molecule has 7 rings (SSSR count). The fraction of sp³-hybridized carbons (Fsp3) is 0.148. The molecule has 0 fully saturated rings. The largest absolute Gasteiger partial charge is 0.416 e. The number of hydrogen-bond donors (Lipinski definition) is 0. The summed E-state index contributed by atoms with van der Waals surface area (Å²) in [5.74, 6) is 0. The average Bonchev–Trinajstić information content (AvgIpc) is 3.41. The van der Waals surface area contributed by atoms with Gasteiger partial charge in [-0.15, -0.1) is 0 Å². The van der Waals surface area contributed by atoms with Crippen LogP contribution in [0.3, 0.4) is 0 Å². The van der Waals surface area contributed by atoms with Gasteiger partial charge < -0.3 is 0 Å². The van der Waals surface area contributed by atoms with Crippen LogP contribution in [0, 0.1) is 162 Å². The van der Waals surface area contributed by atoms with Crippen molar-refractivity contribution >= 4 is 0 Å². The number of benzene rings is 7. The van der Waals surface area contributed by atoms with Crippen LogP contribution in [0.5, 0.6) is 0 Å². The van der Waals surface area contributed by atoms with Crippen LogP contribution >= 0.6 is 0 Å². The number of halogens is 6. The van der Waals surface area contributed by atoms with Crippen molar-refractivity contribution in [3.63, 3.8) is 0 Å². The standard InChI is InChI=1S/C10H5N3.3C9H6N2.2C8H7F3.C8H7N/c1-7-9(5-12)2-8(4-11)3-10(7)6-13;1-7-2-8(5-10)4-9(3-7)6-11;1-7-2-3-8(5-10)4-9(7)6-11;1-7-8(5-10)3-2-4-9(7)6-11;1-6-2-4-7(5-3-6)8(9,10)11;1-6-3-2-4-7(5-6)8(9,10)11;1-7-4-2-3-5-8(7)6-9/h2-3H,1H3;3*2-4H,1H3;2*2-5H,1H3;2-5H,1H3. The summed E-state index contributed by atoms with van der Waals surface area (Å²) in [5.41, 5.74) is 9.78. The predicted octanol–water partition coefficient (Wildman–Crippen LogP) is 14.7. The van der Waals surface area contributed by atoms with E-state index in [1.54, 1.807) is 88.4 Å². The van der Waals surface area contributed by atoms with Gasteiger partial charge in [0, 0.05) is 0 Å². The van der Waals surface area contributed by atoms with E-state index in [9.17, 15) is 26.3 Å². The van der Waals surface area contributed by atoms with Crippen LogP contribution in [0.2, 0.25) is 0 Å². The van der Waals surface area contributed by atoms with E-state index < -0.39 is 23.5 Å². The molecular formula is C61H44F6N10. The van der Waals surface area contributed by atoms with Crippen molar-refractivity contribution < 1.29 is 26.3 Å². The molecule has 380 valence electrons. The van der Waals surface area contributed by atoms with Gasteiger partial charge in [0.1, 0.15) is 0 Å². The SMILES string of the molecule is Cc1c(C#N)cc(C#N)cc1C#N.Cc1c(C#N)cccc1C#N.Cc1cc(C#N)cc(C#N)c1.Cc1ccc(C#N)cc1C#N.Cc1ccc(C(F)(F)F)cc1.Cc1cccc(C(F)(F)F)c1.Cc1ccccc1C#N. The van der Waals surface area contributed by atoms with E-state index in [0.717, 1.165) is 57.6 Å². The van der Waals surface area contributed by atoms with Gasteiger partial charge in [-0.05, 0) is 155 Å². The molecule has 0 aliphatic heterocycles. The first kappa shape index (κ1) is 64.0. The Morgan fingerprint density at radius 2 is 0.662 bits per heavy atom. The molecule has 0 aromatic heterocycles. The Labute approximate surface area is 444 Å². The second kappa shape index (κ2) is 32.2. The Hall–Kier alpha value is -11.0. The van der Waals surface area contributed by atoms with Crippen LogP contribution in [0.15, 0.2) is 140 Å². The van der Waals surface area contributed by atoms with Crippen molar-refractivity contribution in [1.82, 2.24) is 0 Å². The minimum atomic E-state index is -4.22. The van der Waals surface area contributed by atoms with E-state index in [2.05, 4.69) is 6.07 Å². The first-order valence-electron chi connectivity index (χ1n) is 22.2. The van der Waals surface area contributed by atoms with Gasteiger partial charge in [-0.2, -0.15) is 79.0 Å². The molecular weight excluding hydrogens is 987 g/mol. The molecule has 0 bridgehead atoms. The summed E-state index contributed by atoms with van der Waals surface area (Å²) in [6.45, 7) is 12.5. The molecule has 0 spiro atoms. The van der Waals surface area contributed by atoms with Gasteiger partial charge in [-0.25, -0.2) is 0 Å². The maximum Gasteiger partial charge on any atom is 0.416 e. The Kier molecular flexibility index (Phi) is 26.8. The molecule has 0 atom stereocenters. The van der Waals surface area contributed by atoms with Crippen LogP contribution in [0.1, 0.15) is 106 Å². The van der Waals surface area contributed by atoms with E-state index >= 15 is 0 Å². The predicted molar refractivity (Wildman–Crippen MR) is 275 cm³/mol. The minimum absolute atomic E-state index is 0.346. The summed E-state index contributed by atoms with van der Waals surface area (Å²) in [7, 11) is 0. The van der Waals surface area contributed by atoms with Crippen LogP contribution in [0.4, 0.5) is 26.3 Å². The van der Waals surface area contributed by atoms with E-state index in [4.69, 9.17) is 52.6 Å². The number of rotatable bonds is 0. The number of alkyl halides is 6. The third-order valence-electron chi connectivity index (χ3n) is 10.2. The van der Waals surface area contributed by atoms with Gasteiger partial charge in [-0.1, -0.05) is 71.8 Å². The highest BCUT2D eigenvalue weighted by Crippen LogP contribution is 2.30. The minimum Gasteiger partial charge on any atom is -0.192 e. The third kappa shape index (κ3) is 22.5. The molecule has 0 saturated heterocycles. The van der Waals surface area contributed by atoms with Gasteiger partial charge in [-0.3, -0.25) is 0 Å². The zero-order valence-electron chi connectivity index (χ0n) is 42.5. The molecule has 77 heavy (non-hydrogen) atoms. The molecule has 0 aliphatic rings. The lowest BCUT2D eigenvalue weighted by Crippen LogP contribution is -2.04. The van der Waals surface area contributed by atoms with Crippen LogP contribution in [0.25, 0.3) is 0 Å². The first-order valence-corrected chi connectivity index (χ1v) is 22.2. The molecule has 10 nitrogen and oxygen atoms in total. The smallest absolute Gasteiger partial charge is 0.192 e. The lowest BCUT2D eigenvalue weighted by atomic mass is 10.0. The van der Waals surface area contributed by atoms with Gasteiger partial charge in [0.05, 0.1) is 127 Å². The summed E-state index contributed by atoms with van der Waals surface area (Å²) in [5, 5.41) is 85.7. The van der Waals surface area contributed by atoms with Crippen LogP contribution in [-0.2, 0) is 12.4 Å². The Balaban J connectivity index is 0.000000450. The van der Waals surface area contributed by atoms with E-state index in [0.29, 0.717) is 61.2 Å². The fourth-order valence-corrected chi connectivity index (χ4v) is 5.88. The van der Waals surface area contributed by atoms with Gasteiger partial charge in [0.2, 0.25) is 0 Å². The van der Waals surface area contributed by atoms with Crippen LogP contribution in [-0.4, -0.2) is 0 Å². The molecule has 0 unspecified atom stereocenters. The molecule has 16 heteroatoms. The van der Waals surface area contributed by atoms with Crippen molar-refractivity contribution in [3.05, 3.63) is 245 Å². The highest BCUT2D eigenvalue weighted by atomic mass is 19.4. The molecule has 0 heterocycles. The Morgan fingerprint density at radius 1 is 0.273 bits per heavy atom. The Bertz CT molecular complexity index is 3480. The van der Waals surface area contributed by atoms with E-state index in [1.165, 1.54) is 30.3 Å². The zero-order chi connectivity index (χ0) is 58.3. The highest BCUT2D eigenvalue weighted by molar-refractivity contribution is 5.53. The van der Waals surface area contributed by atoms with Crippen molar-refractivity contribution in [2.45, 2.75) is 60.8 Å². The van der Waals surface area contributed by atoms with Gasteiger partial charge in [0.15, 0.2) is 0 Å². The van der Waals surface area contributed by atoms with Crippen molar-refractivity contribution in [3.8, 4) is 60.7 Å². The number of aryl methyl sites for hydroxylation is 5.